The highest BCUT2D eigenvalue weighted by molar-refractivity contribution is 7.89. The molecular weight excluding hydrogens is 438 g/mol. The number of aryl methyl sites for hydroxylation is 1. The van der Waals surface area contributed by atoms with Crippen molar-refractivity contribution in [3.8, 4) is 0 Å². The van der Waals surface area contributed by atoms with E-state index >= 15 is 0 Å². The van der Waals surface area contributed by atoms with Crippen molar-refractivity contribution >= 4 is 27.5 Å². The third-order valence-corrected chi connectivity index (χ3v) is 8.49. The van der Waals surface area contributed by atoms with Gasteiger partial charge in [-0.25, -0.2) is 8.42 Å². The van der Waals surface area contributed by atoms with Crippen LogP contribution in [0.1, 0.15) is 43.7 Å². The molecule has 2 aliphatic rings. The van der Waals surface area contributed by atoms with E-state index in [0.29, 0.717) is 44.5 Å². The molecule has 2 aliphatic heterocycles. The van der Waals surface area contributed by atoms with Crippen LogP contribution < -0.4 is 10.6 Å². The molecule has 7 nitrogen and oxygen atoms in total. The molecule has 0 bridgehead atoms. The molecule has 33 heavy (non-hydrogen) atoms. The number of fused-ring (bicyclic) bond motifs is 1. The van der Waals surface area contributed by atoms with Crippen LogP contribution in [0.3, 0.4) is 0 Å². The number of nitrogens with zero attached hydrogens (tertiary/aromatic N) is 1. The molecule has 1 saturated heterocycles. The number of piperidine rings is 1. The number of hydrogen-bond acceptors (Lipinski definition) is 4. The van der Waals surface area contributed by atoms with E-state index in [9.17, 15) is 18.0 Å². The molecule has 0 aromatic heterocycles. The van der Waals surface area contributed by atoms with Crippen LogP contribution in [0.5, 0.6) is 0 Å². The summed E-state index contributed by atoms with van der Waals surface area (Å²) in [4.78, 5) is 24.7. The molecule has 2 aromatic carbocycles. The summed E-state index contributed by atoms with van der Waals surface area (Å²) in [6.45, 7) is 2.71. The number of nitrogens with one attached hydrogen (secondary N) is 2. The van der Waals surface area contributed by atoms with Crippen molar-refractivity contribution in [2.45, 2.75) is 56.4 Å². The van der Waals surface area contributed by atoms with Gasteiger partial charge in [0.1, 0.15) is 0 Å². The average molecular weight is 470 g/mol. The minimum Gasteiger partial charge on any atom is -0.353 e. The molecule has 0 aliphatic carbocycles. The van der Waals surface area contributed by atoms with Crippen LogP contribution in [0.15, 0.2) is 53.4 Å². The number of anilines is 1. The van der Waals surface area contributed by atoms with E-state index in [1.165, 1.54) is 9.87 Å². The third kappa shape index (κ3) is 5.45. The van der Waals surface area contributed by atoms with Gasteiger partial charge in [0.25, 0.3) is 0 Å². The molecule has 1 atom stereocenters. The zero-order chi connectivity index (χ0) is 23.4. The van der Waals surface area contributed by atoms with Gasteiger partial charge in [-0.15, -0.1) is 0 Å². The lowest BCUT2D eigenvalue weighted by atomic mass is 9.96. The maximum absolute atomic E-state index is 13.2. The highest BCUT2D eigenvalue weighted by Crippen LogP contribution is 2.29. The summed E-state index contributed by atoms with van der Waals surface area (Å²) in [5.74, 6) is -0.216. The van der Waals surface area contributed by atoms with E-state index in [2.05, 4.69) is 29.7 Å². The zero-order valence-electron chi connectivity index (χ0n) is 18.9. The first-order valence-electron chi connectivity index (χ1n) is 11.6. The Balaban J connectivity index is 1.35. The lowest BCUT2D eigenvalue weighted by molar-refractivity contribution is -0.126. The normalized spacial score (nSPS) is 18.3. The second-order valence-electron chi connectivity index (χ2n) is 8.85. The van der Waals surface area contributed by atoms with Crippen molar-refractivity contribution in [1.82, 2.24) is 9.62 Å². The number of carbonyl (C=O) groups excluding carboxylic acids is 2. The van der Waals surface area contributed by atoms with Crippen molar-refractivity contribution in [2.24, 2.45) is 5.92 Å². The van der Waals surface area contributed by atoms with Crippen molar-refractivity contribution in [3.63, 3.8) is 0 Å². The van der Waals surface area contributed by atoms with Gasteiger partial charge in [0.15, 0.2) is 0 Å². The zero-order valence-corrected chi connectivity index (χ0v) is 19.7. The molecule has 0 unspecified atom stereocenters. The summed E-state index contributed by atoms with van der Waals surface area (Å²) in [5.41, 5.74) is 2.71. The predicted octanol–water partition coefficient (Wildman–Crippen LogP) is 3.11. The van der Waals surface area contributed by atoms with E-state index in [1.807, 2.05) is 18.2 Å². The van der Waals surface area contributed by atoms with Gasteiger partial charge in [-0.3, -0.25) is 9.59 Å². The molecule has 0 radical (unpaired) electrons. The number of sulfonamides is 1. The van der Waals surface area contributed by atoms with E-state index < -0.39 is 10.0 Å². The van der Waals surface area contributed by atoms with Gasteiger partial charge in [0.05, 0.1) is 4.90 Å². The van der Waals surface area contributed by atoms with Gasteiger partial charge >= 0.3 is 0 Å². The Kier molecular flexibility index (Phi) is 7.14. The predicted molar refractivity (Wildman–Crippen MR) is 127 cm³/mol. The Hall–Kier alpha value is -2.71. The van der Waals surface area contributed by atoms with Crippen molar-refractivity contribution in [1.29, 1.82) is 0 Å². The van der Waals surface area contributed by atoms with Crippen molar-refractivity contribution in [3.05, 3.63) is 59.7 Å². The molecule has 4 rings (SSSR count). The summed E-state index contributed by atoms with van der Waals surface area (Å²) in [7, 11) is -3.64. The second kappa shape index (κ2) is 10.1. The van der Waals surface area contributed by atoms with Crippen LogP contribution in [0.25, 0.3) is 0 Å². The summed E-state index contributed by atoms with van der Waals surface area (Å²) in [6, 6.07) is 15.0. The van der Waals surface area contributed by atoms with Crippen LogP contribution in [-0.2, 0) is 32.5 Å². The quantitative estimate of drug-likeness (QED) is 0.651. The van der Waals surface area contributed by atoms with Gasteiger partial charge in [-0.05, 0) is 61.4 Å². The first-order chi connectivity index (χ1) is 15.9. The minimum absolute atomic E-state index is 0.0133. The lowest BCUT2D eigenvalue weighted by Crippen LogP contribution is -2.45. The standard InChI is InChI=1S/C25H31N3O4S/c1-2-21(16-18-6-4-3-5-7-18)26-25(30)19-12-14-28(15-13-19)33(31,32)22-9-10-23-20(17-22)8-11-24(29)27-23/h3-7,9-10,17,19,21H,2,8,11-16H2,1H3,(H,26,30)(H,27,29)/t21-/m1/s1. The smallest absolute Gasteiger partial charge is 0.243 e. The fourth-order valence-electron chi connectivity index (χ4n) is 4.54. The molecular formula is C25H31N3O4S. The van der Waals surface area contributed by atoms with E-state index in [-0.39, 0.29) is 28.7 Å². The monoisotopic (exact) mass is 469 g/mol. The molecule has 8 heteroatoms. The van der Waals surface area contributed by atoms with Crippen molar-refractivity contribution in [2.75, 3.05) is 18.4 Å². The Morgan fingerprint density at radius 3 is 2.55 bits per heavy atom. The molecule has 0 saturated carbocycles. The minimum atomic E-state index is -3.64. The fourth-order valence-corrected chi connectivity index (χ4v) is 6.06. The fraction of sp³-hybridized carbons (Fsp3) is 0.440. The molecule has 1 fully saturated rings. The first-order valence-corrected chi connectivity index (χ1v) is 13.1. The van der Waals surface area contributed by atoms with Gasteiger partial charge in [0, 0.05) is 37.2 Å². The maximum atomic E-state index is 13.2. The average Bonchev–Trinajstić information content (AvgIpc) is 2.83. The van der Waals surface area contributed by atoms with E-state index in [1.54, 1.807) is 18.2 Å². The Morgan fingerprint density at radius 2 is 1.85 bits per heavy atom. The molecule has 2 heterocycles. The highest BCUT2D eigenvalue weighted by Gasteiger charge is 2.33. The highest BCUT2D eigenvalue weighted by atomic mass is 32.2. The number of amides is 2. The SMILES string of the molecule is CC[C@H](Cc1ccccc1)NC(=O)C1CCN(S(=O)(=O)c2ccc3c(c2)CCC(=O)N3)CC1. The third-order valence-electron chi connectivity index (χ3n) is 6.60. The summed E-state index contributed by atoms with van der Waals surface area (Å²) >= 11 is 0. The van der Waals surface area contributed by atoms with Crippen LogP contribution in [-0.4, -0.2) is 43.7 Å². The molecule has 176 valence electrons. The second-order valence-corrected chi connectivity index (χ2v) is 10.8. The Labute approximate surface area is 195 Å². The summed E-state index contributed by atoms with van der Waals surface area (Å²) in [5, 5.41) is 5.95. The molecule has 0 spiro atoms. The van der Waals surface area contributed by atoms with Gasteiger partial charge < -0.3 is 10.6 Å². The van der Waals surface area contributed by atoms with Crippen molar-refractivity contribution < 1.29 is 18.0 Å². The number of hydrogen-bond donors (Lipinski definition) is 2. The van der Waals surface area contributed by atoms with Crippen LogP contribution in [0.4, 0.5) is 5.69 Å². The maximum Gasteiger partial charge on any atom is 0.243 e. The topological polar surface area (TPSA) is 95.6 Å². The molecule has 2 amide bonds. The lowest BCUT2D eigenvalue weighted by Gasteiger charge is -2.31. The van der Waals surface area contributed by atoms with E-state index in [4.69, 9.17) is 0 Å². The molecule has 2 aromatic rings. The molecule has 2 N–H and O–H groups in total. The van der Waals surface area contributed by atoms with Crippen LogP contribution in [0.2, 0.25) is 0 Å². The number of rotatable bonds is 7. The van der Waals surface area contributed by atoms with Crippen LogP contribution >= 0.6 is 0 Å². The van der Waals surface area contributed by atoms with Gasteiger partial charge in [0.2, 0.25) is 21.8 Å². The van der Waals surface area contributed by atoms with Gasteiger partial charge in [-0.2, -0.15) is 4.31 Å². The first kappa shape index (κ1) is 23.4. The van der Waals surface area contributed by atoms with Crippen LogP contribution in [0, 0.1) is 5.92 Å². The van der Waals surface area contributed by atoms with Gasteiger partial charge in [-0.1, -0.05) is 37.3 Å². The number of carbonyl (C=O) groups is 2. The number of benzene rings is 2. The summed E-state index contributed by atoms with van der Waals surface area (Å²) < 4.78 is 27.8. The Bertz CT molecular complexity index is 1110. The Morgan fingerprint density at radius 1 is 1.12 bits per heavy atom. The largest absolute Gasteiger partial charge is 0.353 e. The summed E-state index contributed by atoms with van der Waals surface area (Å²) in [6.07, 6.45) is 3.54. The van der Waals surface area contributed by atoms with E-state index in [0.717, 1.165) is 18.4 Å².